The Bertz CT molecular complexity index is 1310. The molecule has 6 rings (SSSR count). The first-order chi connectivity index (χ1) is 17.3. The van der Waals surface area contributed by atoms with Crippen LogP contribution in [0.2, 0.25) is 0 Å². The first-order valence-electron chi connectivity index (χ1n) is 12.2. The van der Waals surface area contributed by atoms with Gasteiger partial charge in [0.2, 0.25) is 0 Å². The molecule has 6 nitrogen and oxygen atoms in total. The van der Waals surface area contributed by atoms with Crippen LogP contribution in [0, 0.1) is 23.1 Å². The molecular weight excluding hydrogens is 480 g/mol. The van der Waals surface area contributed by atoms with E-state index in [0.29, 0.717) is 34.0 Å². The van der Waals surface area contributed by atoms with Gasteiger partial charge in [-0.2, -0.15) is 5.26 Å². The number of nitrogens with two attached hydrogens (primary N) is 1. The number of hydrogen-bond acceptors (Lipinski definition) is 7. The normalized spacial score (nSPS) is 33.6. The van der Waals surface area contributed by atoms with Crippen molar-refractivity contribution in [1.82, 2.24) is 9.88 Å². The van der Waals surface area contributed by atoms with Crippen LogP contribution in [0.5, 0.6) is 0 Å². The molecule has 0 spiro atoms. The van der Waals surface area contributed by atoms with Crippen molar-refractivity contribution < 1.29 is 13.5 Å². The Hall–Kier alpha value is -2.80. The Labute approximate surface area is 213 Å². The van der Waals surface area contributed by atoms with Gasteiger partial charge in [-0.05, 0) is 62.1 Å². The van der Waals surface area contributed by atoms with Gasteiger partial charge in [-0.25, -0.2) is 8.78 Å². The summed E-state index contributed by atoms with van der Waals surface area (Å²) in [4.78, 5) is 11.3. The fraction of sp³-hybridized carbons (Fsp3) is 0.444. The molecule has 3 heterocycles. The van der Waals surface area contributed by atoms with Gasteiger partial charge in [0.1, 0.15) is 17.7 Å². The summed E-state index contributed by atoms with van der Waals surface area (Å²) in [6.45, 7) is 4.48. The molecule has 9 heteroatoms. The van der Waals surface area contributed by atoms with E-state index in [0.717, 1.165) is 39.0 Å². The molecule has 1 saturated heterocycles. The second kappa shape index (κ2) is 8.65. The zero-order chi connectivity index (χ0) is 25.1. The number of hydrogen-bond donors (Lipinski definition) is 1. The fourth-order valence-electron chi connectivity index (χ4n) is 6.04. The van der Waals surface area contributed by atoms with Gasteiger partial charge in [0.15, 0.2) is 5.17 Å². The van der Waals surface area contributed by atoms with Crippen molar-refractivity contribution in [3.8, 4) is 6.07 Å². The van der Waals surface area contributed by atoms with Gasteiger partial charge in [0, 0.05) is 41.6 Å². The Kier molecular flexibility index (Phi) is 5.67. The van der Waals surface area contributed by atoms with Gasteiger partial charge >= 0.3 is 0 Å². The van der Waals surface area contributed by atoms with Crippen molar-refractivity contribution >= 4 is 28.8 Å². The van der Waals surface area contributed by atoms with Crippen LogP contribution < -0.4 is 5.73 Å². The van der Waals surface area contributed by atoms with Crippen molar-refractivity contribution in [1.29, 1.82) is 5.26 Å². The third-order valence-corrected chi connectivity index (χ3v) is 9.43. The second-order valence-corrected chi connectivity index (χ2v) is 11.8. The average Bonchev–Trinajstić information content (AvgIpc) is 3.56. The molecule has 0 radical (unpaired) electrons. The summed E-state index contributed by atoms with van der Waals surface area (Å²) >= 11 is 1.62. The highest BCUT2D eigenvalue weighted by Crippen LogP contribution is 2.66. The van der Waals surface area contributed by atoms with Crippen molar-refractivity contribution in [3.63, 3.8) is 0 Å². The van der Waals surface area contributed by atoms with E-state index in [1.165, 1.54) is 30.5 Å². The van der Waals surface area contributed by atoms with Crippen molar-refractivity contribution in [2.24, 2.45) is 16.6 Å². The molecule has 2 aliphatic heterocycles. The van der Waals surface area contributed by atoms with E-state index in [2.05, 4.69) is 9.88 Å². The molecule has 2 aliphatic carbocycles. The lowest BCUT2D eigenvalue weighted by Gasteiger charge is -2.49. The predicted molar refractivity (Wildman–Crippen MR) is 136 cm³/mol. The molecule has 3 fully saturated rings. The summed E-state index contributed by atoms with van der Waals surface area (Å²) in [7, 11) is 0. The number of fused-ring (bicyclic) bond motifs is 2. The fourth-order valence-corrected chi connectivity index (χ4v) is 7.54. The summed E-state index contributed by atoms with van der Waals surface area (Å²) in [6.07, 6.45) is 6.15. The van der Waals surface area contributed by atoms with Gasteiger partial charge in [-0.1, -0.05) is 17.8 Å². The van der Waals surface area contributed by atoms with Crippen LogP contribution in [0.1, 0.15) is 48.6 Å². The molecular formula is C27H27F2N5OS. The quantitative estimate of drug-likeness (QED) is 0.643. The molecule has 0 bridgehead atoms. The Morgan fingerprint density at radius 3 is 2.94 bits per heavy atom. The number of amidine groups is 1. The van der Waals surface area contributed by atoms with E-state index >= 15 is 4.39 Å². The van der Waals surface area contributed by atoms with Crippen LogP contribution in [0.4, 0.5) is 8.78 Å². The maximum Gasteiger partial charge on any atom is 0.155 e. The Balaban J connectivity index is 1.29. The molecule has 0 amide bonds. The van der Waals surface area contributed by atoms with Gasteiger partial charge in [0.05, 0.1) is 29.5 Å². The number of aliphatic imine (C=N–C) groups is 1. The number of pyridine rings is 1. The van der Waals surface area contributed by atoms with Crippen molar-refractivity contribution in [2.75, 3.05) is 19.7 Å². The summed E-state index contributed by atoms with van der Waals surface area (Å²) < 4.78 is 36.0. The van der Waals surface area contributed by atoms with E-state index in [-0.39, 0.29) is 22.2 Å². The third kappa shape index (κ3) is 3.92. The molecule has 1 aromatic heterocycles. The Morgan fingerprint density at radius 1 is 1.36 bits per heavy atom. The topological polar surface area (TPSA) is 87.5 Å². The SMILES string of the molecule is C[C@]1(c2cc(/C=C(\F)c3ccc(C#N)cn3)ccc2F)N=C(N)S[C@@]2(CN3CCO[C@@H]4CC[C@@H]43)C[C@H]21. The molecule has 1 aromatic carbocycles. The van der Waals surface area contributed by atoms with E-state index in [4.69, 9.17) is 20.7 Å². The number of benzene rings is 1. The first kappa shape index (κ1) is 23.6. The largest absolute Gasteiger partial charge is 0.378 e. The van der Waals surface area contributed by atoms with Crippen molar-refractivity contribution in [2.45, 2.75) is 48.6 Å². The lowest BCUT2D eigenvalue weighted by molar-refractivity contribution is -0.121. The van der Waals surface area contributed by atoms with E-state index < -0.39 is 11.4 Å². The third-order valence-electron chi connectivity index (χ3n) is 8.15. The number of aromatic nitrogens is 1. The summed E-state index contributed by atoms with van der Waals surface area (Å²) in [5, 5.41) is 9.40. The number of nitrogens with zero attached hydrogens (tertiary/aromatic N) is 4. The smallest absolute Gasteiger partial charge is 0.155 e. The summed E-state index contributed by atoms with van der Waals surface area (Å²) in [5.74, 6) is -0.809. The highest BCUT2D eigenvalue weighted by Gasteiger charge is 2.67. The summed E-state index contributed by atoms with van der Waals surface area (Å²) in [5.41, 5.74) is 6.92. The lowest BCUT2D eigenvalue weighted by Crippen LogP contribution is -2.59. The van der Waals surface area contributed by atoms with E-state index in [9.17, 15) is 4.39 Å². The minimum absolute atomic E-state index is 0.103. The molecule has 2 N–H and O–H groups in total. The van der Waals surface area contributed by atoms with Crippen LogP contribution in [0.15, 0.2) is 41.5 Å². The monoisotopic (exact) mass is 507 g/mol. The van der Waals surface area contributed by atoms with Gasteiger partial charge in [-0.15, -0.1) is 0 Å². The number of morpholine rings is 1. The molecule has 186 valence electrons. The molecule has 4 aliphatic rings. The number of halogens is 2. The van der Waals surface area contributed by atoms with Crippen LogP contribution in [-0.2, 0) is 10.3 Å². The predicted octanol–water partition coefficient (Wildman–Crippen LogP) is 4.46. The first-order valence-corrected chi connectivity index (χ1v) is 13.1. The molecule has 2 aromatic rings. The van der Waals surface area contributed by atoms with E-state index in [1.807, 2.05) is 13.0 Å². The highest BCUT2D eigenvalue weighted by molar-refractivity contribution is 8.15. The van der Waals surface area contributed by atoms with Crippen LogP contribution >= 0.6 is 11.8 Å². The van der Waals surface area contributed by atoms with E-state index in [1.54, 1.807) is 23.9 Å². The van der Waals surface area contributed by atoms with Crippen LogP contribution in [0.3, 0.4) is 0 Å². The van der Waals surface area contributed by atoms with Crippen LogP contribution in [-0.4, -0.2) is 51.6 Å². The maximum absolute atomic E-state index is 15.3. The molecule has 36 heavy (non-hydrogen) atoms. The van der Waals surface area contributed by atoms with Crippen molar-refractivity contribution in [3.05, 3.63) is 64.7 Å². The minimum Gasteiger partial charge on any atom is -0.378 e. The van der Waals surface area contributed by atoms with Crippen LogP contribution in [0.25, 0.3) is 11.9 Å². The Morgan fingerprint density at radius 2 is 2.22 bits per heavy atom. The van der Waals surface area contributed by atoms with Gasteiger partial charge < -0.3 is 10.5 Å². The highest BCUT2D eigenvalue weighted by atomic mass is 32.2. The summed E-state index contributed by atoms with van der Waals surface area (Å²) in [6, 6.07) is 9.97. The zero-order valence-corrected chi connectivity index (χ0v) is 20.8. The number of ether oxygens (including phenoxy) is 1. The molecule has 2 saturated carbocycles. The average molecular weight is 508 g/mol. The molecule has 0 unspecified atom stereocenters. The van der Waals surface area contributed by atoms with Gasteiger partial charge in [-0.3, -0.25) is 14.9 Å². The molecule has 5 atom stereocenters. The second-order valence-electron chi connectivity index (χ2n) is 10.3. The lowest BCUT2D eigenvalue weighted by atomic mass is 9.84. The van der Waals surface area contributed by atoms with Gasteiger partial charge in [0.25, 0.3) is 0 Å². The maximum atomic E-state index is 15.3. The number of thioether (sulfide) groups is 1. The number of nitriles is 1. The standard InChI is InChI=1S/C27H27F2N5OS/c1-26(18-10-16(2-4-19(18)28)11-20(29)21-5-3-17(13-30)14-32-21)24-12-27(24,36-25(31)33-26)15-34-8-9-35-23-7-6-22(23)34/h2-5,10-11,14,22-24H,6-9,12,15H2,1H3,(H2,31,33)/b20-11-/t22-,23+,24-,26+,27+/m0/s1. The minimum atomic E-state index is -0.836. The zero-order valence-electron chi connectivity index (χ0n) is 20.0. The number of rotatable bonds is 5.